The van der Waals surface area contributed by atoms with Crippen molar-refractivity contribution in [3.63, 3.8) is 0 Å². The second-order valence-corrected chi connectivity index (χ2v) is 4.93. The van der Waals surface area contributed by atoms with E-state index >= 15 is 0 Å². The number of hydrogen-bond acceptors (Lipinski definition) is 4. The summed E-state index contributed by atoms with van der Waals surface area (Å²) in [6, 6.07) is 8.39. The number of nitrogens with one attached hydrogen (secondary N) is 1. The molecular formula is C12H16N4S. The van der Waals surface area contributed by atoms with Crippen molar-refractivity contribution in [1.82, 2.24) is 14.8 Å². The number of nitrogens with zero attached hydrogens (tertiary/aromatic N) is 3. The molecule has 0 unspecified atom stereocenters. The van der Waals surface area contributed by atoms with Crippen LogP contribution in [0.5, 0.6) is 0 Å². The van der Waals surface area contributed by atoms with Gasteiger partial charge in [-0.05, 0) is 24.6 Å². The maximum absolute atomic E-state index is 4.02. The minimum Gasteiger partial charge on any atom is -0.384 e. The molecule has 0 aliphatic heterocycles. The Morgan fingerprint density at radius 3 is 3.00 bits per heavy atom. The Morgan fingerprint density at radius 2 is 2.29 bits per heavy atom. The molecule has 0 amide bonds. The van der Waals surface area contributed by atoms with Gasteiger partial charge in [0.1, 0.15) is 6.33 Å². The van der Waals surface area contributed by atoms with Crippen molar-refractivity contribution in [1.29, 1.82) is 0 Å². The molecule has 0 atom stereocenters. The molecule has 0 saturated heterocycles. The maximum atomic E-state index is 4.02. The Kier molecular flexibility index (Phi) is 4.03. The Bertz CT molecular complexity index is 481. The van der Waals surface area contributed by atoms with Gasteiger partial charge in [-0.2, -0.15) is 0 Å². The summed E-state index contributed by atoms with van der Waals surface area (Å²) in [5.74, 6) is 0.973. The molecule has 0 saturated carbocycles. The van der Waals surface area contributed by atoms with Gasteiger partial charge < -0.3 is 9.88 Å². The van der Waals surface area contributed by atoms with E-state index in [2.05, 4.69) is 46.7 Å². The van der Waals surface area contributed by atoms with Crippen LogP contribution in [0.2, 0.25) is 0 Å². The fourth-order valence-electron chi connectivity index (χ4n) is 1.50. The van der Waals surface area contributed by atoms with Crippen LogP contribution in [0, 0.1) is 6.92 Å². The van der Waals surface area contributed by atoms with Gasteiger partial charge in [-0.3, -0.25) is 0 Å². The number of aryl methyl sites for hydroxylation is 2. The van der Waals surface area contributed by atoms with Crippen LogP contribution in [-0.2, 0) is 7.05 Å². The molecule has 0 aliphatic carbocycles. The minimum absolute atomic E-state index is 0.918. The monoisotopic (exact) mass is 248 g/mol. The van der Waals surface area contributed by atoms with Crippen LogP contribution >= 0.6 is 11.8 Å². The molecule has 0 fully saturated rings. The van der Waals surface area contributed by atoms with Crippen LogP contribution in [0.3, 0.4) is 0 Å². The number of aromatic nitrogens is 3. The van der Waals surface area contributed by atoms with E-state index in [4.69, 9.17) is 0 Å². The summed E-state index contributed by atoms with van der Waals surface area (Å²) in [4.78, 5) is 0. The van der Waals surface area contributed by atoms with E-state index in [1.165, 1.54) is 11.3 Å². The number of thioether (sulfide) groups is 1. The zero-order valence-corrected chi connectivity index (χ0v) is 10.9. The Morgan fingerprint density at radius 1 is 1.41 bits per heavy atom. The van der Waals surface area contributed by atoms with Gasteiger partial charge in [0.05, 0.1) is 0 Å². The smallest absolute Gasteiger partial charge is 0.190 e. The predicted octanol–water partition coefficient (Wildman–Crippen LogP) is 2.33. The second kappa shape index (κ2) is 5.72. The van der Waals surface area contributed by atoms with Gasteiger partial charge in [0.2, 0.25) is 0 Å². The van der Waals surface area contributed by atoms with Crippen LogP contribution in [0.15, 0.2) is 35.7 Å². The molecule has 1 aromatic carbocycles. The molecule has 0 radical (unpaired) electrons. The Hall–Kier alpha value is -1.49. The second-order valence-electron chi connectivity index (χ2n) is 3.87. The Labute approximate surface area is 105 Å². The van der Waals surface area contributed by atoms with E-state index < -0.39 is 0 Å². The molecule has 90 valence electrons. The summed E-state index contributed by atoms with van der Waals surface area (Å²) in [5, 5.41) is 12.2. The Balaban J connectivity index is 1.75. The first-order valence-corrected chi connectivity index (χ1v) is 6.51. The molecular weight excluding hydrogens is 232 g/mol. The molecule has 2 rings (SSSR count). The van der Waals surface area contributed by atoms with Crippen molar-refractivity contribution in [2.75, 3.05) is 17.6 Å². The van der Waals surface area contributed by atoms with E-state index in [0.717, 1.165) is 17.5 Å². The van der Waals surface area contributed by atoms with Crippen molar-refractivity contribution >= 4 is 17.4 Å². The van der Waals surface area contributed by atoms with Gasteiger partial charge in [-0.25, -0.2) is 0 Å². The zero-order valence-electron chi connectivity index (χ0n) is 10.1. The standard InChI is InChI=1S/C12H16N4S/c1-10-4-3-5-11(8-10)13-6-7-17-12-15-14-9-16(12)2/h3-5,8-9,13H,6-7H2,1-2H3. The van der Waals surface area contributed by atoms with Gasteiger partial charge in [0.25, 0.3) is 0 Å². The summed E-state index contributed by atoms with van der Waals surface area (Å²) < 4.78 is 1.93. The number of rotatable bonds is 5. The third kappa shape index (κ3) is 3.49. The summed E-state index contributed by atoms with van der Waals surface area (Å²) in [5.41, 5.74) is 2.44. The molecule has 4 nitrogen and oxygen atoms in total. The van der Waals surface area contributed by atoms with E-state index in [1.807, 2.05) is 11.6 Å². The van der Waals surface area contributed by atoms with Gasteiger partial charge >= 0.3 is 0 Å². The fraction of sp³-hybridized carbons (Fsp3) is 0.333. The van der Waals surface area contributed by atoms with Crippen LogP contribution in [0.1, 0.15) is 5.56 Å². The highest BCUT2D eigenvalue weighted by Crippen LogP contribution is 2.14. The van der Waals surface area contributed by atoms with E-state index in [1.54, 1.807) is 18.1 Å². The topological polar surface area (TPSA) is 42.7 Å². The van der Waals surface area contributed by atoms with Crippen molar-refractivity contribution in [3.8, 4) is 0 Å². The van der Waals surface area contributed by atoms with E-state index in [-0.39, 0.29) is 0 Å². The first-order chi connectivity index (χ1) is 8.25. The third-order valence-electron chi connectivity index (χ3n) is 2.35. The normalized spacial score (nSPS) is 10.5. The van der Waals surface area contributed by atoms with Crippen LogP contribution < -0.4 is 5.32 Å². The minimum atomic E-state index is 0.918. The first kappa shape index (κ1) is 12.0. The predicted molar refractivity (Wildman–Crippen MR) is 71.4 cm³/mol. The molecule has 0 bridgehead atoms. The van der Waals surface area contributed by atoms with Crippen LogP contribution in [0.4, 0.5) is 5.69 Å². The maximum Gasteiger partial charge on any atom is 0.190 e. The van der Waals surface area contributed by atoms with Gasteiger partial charge in [-0.1, -0.05) is 23.9 Å². The van der Waals surface area contributed by atoms with Gasteiger partial charge in [0.15, 0.2) is 5.16 Å². The quantitative estimate of drug-likeness (QED) is 0.651. The molecule has 1 N–H and O–H groups in total. The SMILES string of the molecule is Cc1cccc(NCCSc2nncn2C)c1. The average Bonchev–Trinajstić information content (AvgIpc) is 2.71. The van der Waals surface area contributed by atoms with Crippen molar-refractivity contribution in [2.45, 2.75) is 12.1 Å². The third-order valence-corrected chi connectivity index (χ3v) is 3.39. The van der Waals surface area contributed by atoms with Crippen molar-refractivity contribution in [2.24, 2.45) is 7.05 Å². The summed E-state index contributed by atoms with van der Waals surface area (Å²) in [7, 11) is 1.95. The lowest BCUT2D eigenvalue weighted by Crippen LogP contribution is -2.04. The number of hydrogen-bond donors (Lipinski definition) is 1. The summed E-state index contributed by atoms with van der Waals surface area (Å²) in [6.45, 7) is 3.01. The molecule has 1 heterocycles. The van der Waals surface area contributed by atoms with Crippen molar-refractivity contribution < 1.29 is 0 Å². The van der Waals surface area contributed by atoms with Gasteiger partial charge in [0, 0.05) is 25.0 Å². The largest absolute Gasteiger partial charge is 0.384 e. The molecule has 0 aliphatic rings. The number of benzene rings is 1. The molecule has 17 heavy (non-hydrogen) atoms. The highest BCUT2D eigenvalue weighted by molar-refractivity contribution is 7.99. The van der Waals surface area contributed by atoms with E-state index in [0.29, 0.717) is 0 Å². The molecule has 0 spiro atoms. The van der Waals surface area contributed by atoms with Gasteiger partial charge in [-0.15, -0.1) is 10.2 Å². The first-order valence-electron chi connectivity index (χ1n) is 5.53. The zero-order chi connectivity index (χ0) is 12.1. The molecule has 2 aromatic rings. The lowest BCUT2D eigenvalue weighted by atomic mass is 10.2. The average molecular weight is 248 g/mol. The highest BCUT2D eigenvalue weighted by Gasteiger charge is 2.00. The lowest BCUT2D eigenvalue weighted by molar-refractivity contribution is 0.788. The molecule has 5 heteroatoms. The number of anilines is 1. The summed E-state index contributed by atoms with van der Waals surface area (Å²) >= 11 is 1.70. The van der Waals surface area contributed by atoms with E-state index in [9.17, 15) is 0 Å². The highest BCUT2D eigenvalue weighted by atomic mass is 32.2. The van der Waals surface area contributed by atoms with Crippen LogP contribution in [0.25, 0.3) is 0 Å². The molecule has 1 aromatic heterocycles. The summed E-state index contributed by atoms with van der Waals surface area (Å²) in [6.07, 6.45) is 1.72. The lowest BCUT2D eigenvalue weighted by Gasteiger charge is -2.06. The van der Waals surface area contributed by atoms with Crippen molar-refractivity contribution in [3.05, 3.63) is 36.2 Å². The van der Waals surface area contributed by atoms with Crippen LogP contribution in [-0.4, -0.2) is 27.1 Å². The fourth-order valence-corrected chi connectivity index (χ4v) is 2.24.